The highest BCUT2D eigenvalue weighted by atomic mass is 16.1. The van der Waals surface area contributed by atoms with Crippen molar-refractivity contribution >= 4 is 5.91 Å². The van der Waals surface area contributed by atoms with Crippen LogP contribution in [-0.4, -0.2) is 22.2 Å². The van der Waals surface area contributed by atoms with Gasteiger partial charge in [0.25, 0.3) is 0 Å². The van der Waals surface area contributed by atoms with E-state index < -0.39 is 0 Å². The van der Waals surface area contributed by atoms with Crippen molar-refractivity contribution in [3.8, 4) is 0 Å². The Morgan fingerprint density at radius 3 is 3.00 bits per heavy atom. The molecule has 1 unspecified atom stereocenters. The minimum atomic E-state index is 0.167. The molecule has 18 heavy (non-hydrogen) atoms. The first-order valence-electron chi connectivity index (χ1n) is 6.59. The van der Waals surface area contributed by atoms with Crippen LogP contribution in [0.5, 0.6) is 0 Å². The lowest BCUT2D eigenvalue weighted by molar-refractivity contribution is -0.125. The Morgan fingerprint density at radius 2 is 2.39 bits per heavy atom. The van der Waals surface area contributed by atoms with Gasteiger partial charge in [-0.2, -0.15) is 5.10 Å². The minimum absolute atomic E-state index is 0.167. The van der Waals surface area contributed by atoms with Gasteiger partial charge < -0.3 is 5.32 Å². The lowest BCUT2D eigenvalue weighted by Crippen LogP contribution is -2.32. The molecular formula is C14H21N3O. The second-order valence-electron chi connectivity index (χ2n) is 4.92. The van der Waals surface area contributed by atoms with E-state index in [1.165, 1.54) is 0 Å². The maximum Gasteiger partial charge on any atom is 0.223 e. The normalized spacial score (nSPS) is 18.9. The number of carbonyl (C=O) groups is 1. The first-order chi connectivity index (χ1) is 8.66. The van der Waals surface area contributed by atoms with Gasteiger partial charge in [0.1, 0.15) is 0 Å². The summed E-state index contributed by atoms with van der Waals surface area (Å²) in [4.78, 5) is 11.9. The second kappa shape index (κ2) is 5.85. The third-order valence-corrected chi connectivity index (χ3v) is 3.48. The average molecular weight is 247 g/mol. The fourth-order valence-electron chi connectivity index (χ4n) is 2.25. The Morgan fingerprint density at radius 1 is 1.56 bits per heavy atom. The Balaban J connectivity index is 1.74. The fraction of sp³-hybridized carbons (Fsp3) is 0.571. The van der Waals surface area contributed by atoms with Gasteiger partial charge in [0, 0.05) is 31.6 Å². The van der Waals surface area contributed by atoms with Gasteiger partial charge in [0.2, 0.25) is 5.91 Å². The van der Waals surface area contributed by atoms with Crippen LogP contribution in [0.4, 0.5) is 0 Å². The molecule has 1 aromatic rings. The van der Waals surface area contributed by atoms with E-state index in [9.17, 15) is 4.79 Å². The van der Waals surface area contributed by atoms with Crippen molar-refractivity contribution in [3.05, 3.63) is 29.6 Å². The molecule has 0 radical (unpaired) electrons. The molecular weight excluding hydrogens is 226 g/mol. The molecule has 1 atom stereocenters. The van der Waals surface area contributed by atoms with E-state index in [0.717, 1.165) is 37.1 Å². The average Bonchev–Trinajstić information content (AvgIpc) is 2.69. The largest absolute Gasteiger partial charge is 0.355 e. The standard InChI is InChI=1S/C14H21N3O/c1-11-10-13(16-17(11)2)8-9-15-14(18)12-6-4-3-5-7-12/h3-4,10,12H,5-9H2,1-2H3,(H,15,18). The SMILES string of the molecule is Cc1cc(CCNC(=O)C2CC=CCC2)nn1C. The molecule has 1 amide bonds. The van der Waals surface area contributed by atoms with Gasteiger partial charge in [-0.25, -0.2) is 0 Å². The molecule has 1 aromatic heterocycles. The number of nitrogens with zero attached hydrogens (tertiary/aromatic N) is 2. The Bertz CT molecular complexity index is 428. The van der Waals surface area contributed by atoms with Crippen molar-refractivity contribution in [2.45, 2.75) is 32.6 Å². The molecule has 0 saturated carbocycles. The van der Waals surface area contributed by atoms with E-state index in [2.05, 4.69) is 28.6 Å². The number of aryl methyl sites for hydroxylation is 2. The lowest BCUT2D eigenvalue weighted by atomic mass is 9.94. The Hall–Kier alpha value is -1.58. The van der Waals surface area contributed by atoms with Crippen molar-refractivity contribution in [1.29, 1.82) is 0 Å². The number of aromatic nitrogens is 2. The van der Waals surface area contributed by atoms with E-state index in [1.54, 1.807) is 0 Å². The summed E-state index contributed by atoms with van der Waals surface area (Å²) in [6, 6.07) is 2.06. The monoisotopic (exact) mass is 247 g/mol. The molecule has 98 valence electrons. The molecule has 1 aliphatic rings. The van der Waals surface area contributed by atoms with Gasteiger partial charge in [0.05, 0.1) is 5.69 Å². The number of hydrogen-bond acceptors (Lipinski definition) is 2. The predicted molar refractivity (Wildman–Crippen MR) is 71.1 cm³/mol. The molecule has 0 aromatic carbocycles. The lowest BCUT2D eigenvalue weighted by Gasteiger charge is -2.16. The van der Waals surface area contributed by atoms with Crippen LogP contribution in [0.1, 0.15) is 30.7 Å². The van der Waals surface area contributed by atoms with Crippen LogP contribution in [0.3, 0.4) is 0 Å². The number of carbonyl (C=O) groups excluding carboxylic acids is 1. The van der Waals surface area contributed by atoms with Crippen molar-refractivity contribution in [2.75, 3.05) is 6.54 Å². The van der Waals surface area contributed by atoms with Crippen LogP contribution in [0.15, 0.2) is 18.2 Å². The van der Waals surface area contributed by atoms with Crippen LogP contribution in [0.25, 0.3) is 0 Å². The molecule has 0 fully saturated rings. The number of amides is 1. The quantitative estimate of drug-likeness (QED) is 0.824. The minimum Gasteiger partial charge on any atom is -0.355 e. The van der Waals surface area contributed by atoms with Gasteiger partial charge in [-0.05, 0) is 32.3 Å². The van der Waals surface area contributed by atoms with Crippen molar-refractivity contribution < 1.29 is 4.79 Å². The topological polar surface area (TPSA) is 46.9 Å². The molecule has 0 saturated heterocycles. The Kier molecular flexibility index (Phi) is 4.18. The molecule has 1 aliphatic carbocycles. The third-order valence-electron chi connectivity index (χ3n) is 3.48. The van der Waals surface area contributed by atoms with E-state index in [1.807, 2.05) is 18.7 Å². The number of allylic oxidation sites excluding steroid dienone is 2. The molecule has 2 rings (SSSR count). The highest BCUT2D eigenvalue weighted by Gasteiger charge is 2.17. The molecule has 1 heterocycles. The van der Waals surface area contributed by atoms with Crippen LogP contribution in [0, 0.1) is 12.8 Å². The molecule has 4 heteroatoms. The summed E-state index contributed by atoms with van der Waals surface area (Å²) in [5.41, 5.74) is 2.19. The molecule has 0 aliphatic heterocycles. The van der Waals surface area contributed by atoms with E-state index in [0.29, 0.717) is 6.54 Å². The summed E-state index contributed by atoms with van der Waals surface area (Å²) < 4.78 is 1.86. The zero-order valence-electron chi connectivity index (χ0n) is 11.1. The summed E-state index contributed by atoms with van der Waals surface area (Å²) in [6.07, 6.45) is 7.95. The predicted octanol–water partition coefficient (Wildman–Crippen LogP) is 1.74. The maximum atomic E-state index is 11.9. The van der Waals surface area contributed by atoms with Crippen molar-refractivity contribution in [1.82, 2.24) is 15.1 Å². The first kappa shape index (κ1) is 12.9. The molecule has 1 N–H and O–H groups in total. The van der Waals surface area contributed by atoms with Crippen LogP contribution in [0.2, 0.25) is 0 Å². The Labute approximate surface area is 108 Å². The van der Waals surface area contributed by atoms with Gasteiger partial charge in [-0.1, -0.05) is 12.2 Å². The van der Waals surface area contributed by atoms with E-state index in [4.69, 9.17) is 0 Å². The smallest absolute Gasteiger partial charge is 0.223 e. The molecule has 0 bridgehead atoms. The van der Waals surface area contributed by atoms with Crippen LogP contribution >= 0.6 is 0 Å². The maximum absolute atomic E-state index is 11.9. The summed E-state index contributed by atoms with van der Waals surface area (Å²) in [6.45, 7) is 2.71. The molecule has 4 nitrogen and oxygen atoms in total. The van der Waals surface area contributed by atoms with Crippen molar-refractivity contribution in [3.63, 3.8) is 0 Å². The highest BCUT2D eigenvalue weighted by molar-refractivity contribution is 5.78. The van der Waals surface area contributed by atoms with Gasteiger partial charge in [0.15, 0.2) is 0 Å². The van der Waals surface area contributed by atoms with Crippen LogP contribution < -0.4 is 5.32 Å². The zero-order chi connectivity index (χ0) is 13.0. The van der Waals surface area contributed by atoms with Gasteiger partial charge in [-0.15, -0.1) is 0 Å². The first-order valence-corrected chi connectivity index (χ1v) is 6.59. The molecule has 0 spiro atoms. The van der Waals surface area contributed by atoms with Gasteiger partial charge >= 0.3 is 0 Å². The number of hydrogen-bond donors (Lipinski definition) is 1. The summed E-state index contributed by atoms with van der Waals surface area (Å²) in [5.74, 6) is 0.354. The van der Waals surface area contributed by atoms with E-state index >= 15 is 0 Å². The zero-order valence-corrected chi connectivity index (χ0v) is 11.1. The number of rotatable bonds is 4. The third kappa shape index (κ3) is 3.22. The van der Waals surface area contributed by atoms with Gasteiger partial charge in [-0.3, -0.25) is 9.48 Å². The summed E-state index contributed by atoms with van der Waals surface area (Å²) in [7, 11) is 1.94. The highest BCUT2D eigenvalue weighted by Crippen LogP contribution is 2.17. The van der Waals surface area contributed by atoms with Crippen molar-refractivity contribution in [2.24, 2.45) is 13.0 Å². The summed E-state index contributed by atoms with van der Waals surface area (Å²) >= 11 is 0. The van der Waals surface area contributed by atoms with Crippen LogP contribution in [-0.2, 0) is 18.3 Å². The second-order valence-corrected chi connectivity index (χ2v) is 4.92. The fourth-order valence-corrected chi connectivity index (χ4v) is 2.25. The number of nitrogens with one attached hydrogen (secondary N) is 1. The summed E-state index contributed by atoms with van der Waals surface area (Å²) in [5, 5.41) is 7.38. The van der Waals surface area contributed by atoms with E-state index in [-0.39, 0.29) is 11.8 Å².